The van der Waals surface area contributed by atoms with Gasteiger partial charge in [-0.1, -0.05) is 52.0 Å². The topological polar surface area (TPSA) is 227 Å². The van der Waals surface area contributed by atoms with E-state index in [1.807, 2.05) is 0 Å². The van der Waals surface area contributed by atoms with Gasteiger partial charge in [0.2, 0.25) is 0 Å². The summed E-state index contributed by atoms with van der Waals surface area (Å²) in [7, 11) is 1.43. The summed E-state index contributed by atoms with van der Waals surface area (Å²) in [5.41, 5.74) is -0.574. The number of pyridine rings is 1. The summed E-state index contributed by atoms with van der Waals surface area (Å²) < 4.78 is 23.5. The number of esters is 1. The van der Waals surface area contributed by atoms with E-state index < -0.39 is 88.8 Å². The van der Waals surface area contributed by atoms with Crippen LogP contribution in [-0.4, -0.2) is 91.7 Å². The minimum Gasteiger partial charge on any atom is -0.507 e. The summed E-state index contributed by atoms with van der Waals surface area (Å²) in [5, 5.41) is 60.2. The maximum atomic E-state index is 14.4. The molecule has 0 aliphatic carbocycles. The van der Waals surface area contributed by atoms with Gasteiger partial charge in [-0.2, -0.15) is 0 Å². The minimum absolute atomic E-state index is 0.0338. The Morgan fingerprint density at radius 1 is 0.966 bits per heavy atom. The summed E-state index contributed by atoms with van der Waals surface area (Å²) in [5.74, 6) is -8.40. The van der Waals surface area contributed by atoms with E-state index >= 15 is 0 Å². The molecule has 15 heteroatoms. The van der Waals surface area contributed by atoms with Gasteiger partial charge in [-0.15, -0.1) is 0 Å². The van der Waals surface area contributed by atoms with E-state index in [1.165, 1.54) is 59.4 Å². The lowest BCUT2D eigenvalue weighted by atomic mass is 9.78. The molecule has 0 saturated carbocycles. The van der Waals surface area contributed by atoms with Gasteiger partial charge >= 0.3 is 11.8 Å². The molecule has 3 aliphatic heterocycles. The first-order valence-corrected chi connectivity index (χ1v) is 18.9. The predicted molar refractivity (Wildman–Crippen MR) is 215 cm³/mol. The van der Waals surface area contributed by atoms with Crippen molar-refractivity contribution in [2.45, 2.75) is 85.6 Å². The molecule has 4 heterocycles. The second kappa shape index (κ2) is 17.4. The lowest BCUT2D eigenvalue weighted by molar-refractivity contribution is -0.160. The number of aromatic nitrogens is 1. The van der Waals surface area contributed by atoms with Crippen LogP contribution >= 0.6 is 0 Å². The number of anilines is 1. The van der Waals surface area contributed by atoms with Crippen molar-refractivity contribution >= 4 is 46.2 Å². The average molecular weight is 802 g/mol. The van der Waals surface area contributed by atoms with Crippen molar-refractivity contribution in [3.63, 3.8) is 0 Å². The highest BCUT2D eigenvalue weighted by Crippen LogP contribution is 2.55. The number of nitrogens with one attached hydrogen (secondary N) is 1. The standard InChI is InChI=1S/C43H51N3O12/c1-20-13-12-14-21(2)42(54)46-33-27(19-45-29-15-10-11-17-44-29)37(51)30-31(38(33)52)36(50)25(6)40-32(30)41(53)43(8,58-40)56-18-16-28(55-9)22(3)39(57-26(7)47)24(5)35(49)23(4)34(20)48/h10-20,22-24,28,34-35,39,48-52H,1-9H3,(H,46,54)/b13-12+,18-16+,21-14-,45-19?/t20-,22+,23+,24+,28-,34-,35+,39+,43-/m0/s1. The quantitative estimate of drug-likeness (QED) is 0.0783. The van der Waals surface area contributed by atoms with E-state index in [0.717, 1.165) is 6.21 Å². The molecule has 15 nitrogen and oxygen atoms in total. The molecule has 0 fully saturated rings. The fourth-order valence-electron chi connectivity index (χ4n) is 7.43. The average Bonchev–Trinajstić information content (AvgIpc) is 3.46. The number of Topliss-reactive ketones (excluding diaryl/α,β-unsaturated/α-hetero) is 1. The Morgan fingerprint density at radius 3 is 2.31 bits per heavy atom. The molecule has 3 aliphatic rings. The van der Waals surface area contributed by atoms with Crippen molar-refractivity contribution in [1.82, 2.24) is 4.98 Å². The Labute approximate surface area is 336 Å². The van der Waals surface area contributed by atoms with Crippen molar-refractivity contribution in [3.05, 3.63) is 77.2 Å². The number of rotatable bonds is 4. The van der Waals surface area contributed by atoms with Crippen LogP contribution in [0.4, 0.5) is 11.5 Å². The van der Waals surface area contributed by atoms with Crippen LogP contribution < -0.4 is 10.1 Å². The van der Waals surface area contributed by atoms with E-state index in [2.05, 4.69) is 15.3 Å². The number of aromatic hydroxyl groups is 3. The van der Waals surface area contributed by atoms with Crippen molar-refractivity contribution in [1.29, 1.82) is 0 Å². The largest absolute Gasteiger partial charge is 0.507 e. The Hall–Kier alpha value is -5.77. The number of hydrogen-bond donors (Lipinski definition) is 6. The summed E-state index contributed by atoms with van der Waals surface area (Å²) in [6.07, 6.45) is 6.10. The number of aliphatic hydroxyl groups is 2. The van der Waals surface area contributed by atoms with Crippen LogP contribution in [0.5, 0.6) is 23.0 Å². The van der Waals surface area contributed by atoms with Crippen LogP contribution in [0.1, 0.15) is 70.0 Å². The molecule has 310 valence electrons. The molecule has 0 saturated heterocycles. The van der Waals surface area contributed by atoms with Gasteiger partial charge in [0.15, 0.2) is 11.6 Å². The van der Waals surface area contributed by atoms with Gasteiger partial charge < -0.3 is 49.8 Å². The van der Waals surface area contributed by atoms with Crippen LogP contribution in [0.3, 0.4) is 0 Å². The number of methoxy groups -OCH3 is 1. The van der Waals surface area contributed by atoms with E-state index in [0.29, 0.717) is 0 Å². The fourth-order valence-corrected chi connectivity index (χ4v) is 7.43. The molecular formula is C43H51N3O12. The molecule has 1 amide bonds. The van der Waals surface area contributed by atoms with Crippen LogP contribution in [0, 0.1) is 30.6 Å². The molecule has 3 aromatic rings. The number of phenolic OH excluding ortho intramolecular Hbond substituents is 3. The number of hydrogen-bond acceptors (Lipinski definition) is 14. The Morgan fingerprint density at radius 2 is 1.67 bits per heavy atom. The molecule has 5 bridgehead atoms. The lowest BCUT2D eigenvalue weighted by Crippen LogP contribution is -2.46. The van der Waals surface area contributed by atoms with Crippen molar-refractivity contribution in [3.8, 4) is 23.0 Å². The number of carbonyl (C=O) groups is 3. The summed E-state index contributed by atoms with van der Waals surface area (Å²) in [6.45, 7) is 12.4. The Kier molecular flexibility index (Phi) is 13.0. The smallest absolute Gasteiger partial charge is 0.312 e. The Bertz CT molecular complexity index is 2200. The van der Waals surface area contributed by atoms with Gasteiger partial charge in [-0.25, -0.2) is 9.98 Å². The number of aliphatic hydroxyl groups excluding tert-OH is 2. The van der Waals surface area contributed by atoms with Gasteiger partial charge in [0, 0.05) is 73.6 Å². The van der Waals surface area contributed by atoms with Crippen molar-refractivity contribution < 1.29 is 58.9 Å². The molecule has 9 atom stereocenters. The third kappa shape index (κ3) is 8.28. The fraction of sp³-hybridized carbons (Fsp3) is 0.419. The van der Waals surface area contributed by atoms with Gasteiger partial charge in [0.25, 0.3) is 11.7 Å². The zero-order valence-corrected chi connectivity index (χ0v) is 33.9. The lowest BCUT2D eigenvalue weighted by Gasteiger charge is -2.38. The zero-order chi connectivity index (χ0) is 42.8. The molecule has 6 rings (SSSR count). The number of amides is 1. The SMILES string of the molecule is CO[C@H]1/C=C/O[C@@]2(C)Oc3c(C)c(O)c4c(O)c(c(C=Nc5ccccn5)c(O)c4c3C2=O)NC(=O)/C(C)=C\C=C\[C@H](C)[C@H](O)[C@@H](C)[C@@H](O)[C@@H](C)[C@H](OC(C)=O)[C@@H]1C. The summed E-state index contributed by atoms with van der Waals surface area (Å²) in [4.78, 5) is 48.8. The summed E-state index contributed by atoms with van der Waals surface area (Å²) in [6, 6.07) is 4.95. The minimum atomic E-state index is -2.06. The number of benzene rings is 2. The van der Waals surface area contributed by atoms with Gasteiger partial charge in [-0.05, 0) is 32.1 Å². The zero-order valence-electron chi connectivity index (χ0n) is 33.9. The van der Waals surface area contributed by atoms with E-state index in [-0.39, 0.29) is 50.3 Å². The maximum absolute atomic E-state index is 14.4. The number of aliphatic imine (C=N–C) groups is 1. The van der Waals surface area contributed by atoms with E-state index in [4.69, 9.17) is 18.9 Å². The number of phenols is 3. The first-order valence-electron chi connectivity index (χ1n) is 18.9. The second-order valence-corrected chi connectivity index (χ2v) is 15.1. The number of ether oxygens (including phenoxy) is 4. The third-order valence-corrected chi connectivity index (χ3v) is 11.0. The molecule has 0 radical (unpaired) electrons. The number of ketones is 1. The maximum Gasteiger partial charge on any atom is 0.312 e. The van der Waals surface area contributed by atoms with Crippen LogP contribution in [-0.2, 0) is 23.8 Å². The number of fused-ring (bicyclic) bond motifs is 14. The highest BCUT2D eigenvalue weighted by Gasteiger charge is 2.50. The van der Waals surface area contributed by atoms with Crippen molar-refractivity contribution in [2.75, 3.05) is 12.4 Å². The molecule has 1 aromatic heterocycles. The highest BCUT2D eigenvalue weighted by atomic mass is 16.7. The first kappa shape index (κ1) is 43.4. The molecule has 6 N–H and O–H groups in total. The highest BCUT2D eigenvalue weighted by molar-refractivity contribution is 6.24. The van der Waals surface area contributed by atoms with E-state index in [9.17, 15) is 39.9 Å². The van der Waals surface area contributed by atoms with Gasteiger partial charge in [0.05, 0.1) is 46.8 Å². The number of nitrogens with zero attached hydrogens (tertiary/aromatic N) is 2. The summed E-state index contributed by atoms with van der Waals surface area (Å²) >= 11 is 0. The molecule has 0 spiro atoms. The Balaban J connectivity index is 1.73. The molecular weight excluding hydrogens is 750 g/mol. The number of carbonyl (C=O) groups excluding carboxylic acids is 3. The first-order chi connectivity index (χ1) is 27.3. The molecule has 2 aromatic carbocycles. The van der Waals surface area contributed by atoms with E-state index in [1.54, 1.807) is 58.0 Å². The van der Waals surface area contributed by atoms with Crippen LogP contribution in [0.15, 0.2) is 65.5 Å². The van der Waals surface area contributed by atoms with Gasteiger partial charge in [-0.3, -0.25) is 14.4 Å². The normalized spacial score (nSPS) is 30.4. The van der Waals surface area contributed by atoms with Crippen molar-refractivity contribution in [2.24, 2.45) is 28.7 Å². The monoisotopic (exact) mass is 801 g/mol. The number of allylic oxidation sites excluding steroid dienone is 2. The molecule has 58 heavy (non-hydrogen) atoms. The van der Waals surface area contributed by atoms with Crippen LogP contribution in [0.25, 0.3) is 10.8 Å². The predicted octanol–water partition coefficient (Wildman–Crippen LogP) is 5.90. The van der Waals surface area contributed by atoms with Crippen LogP contribution in [0.2, 0.25) is 0 Å². The second-order valence-electron chi connectivity index (χ2n) is 15.1. The van der Waals surface area contributed by atoms with Gasteiger partial charge in [0.1, 0.15) is 23.4 Å². The molecule has 0 unspecified atom stereocenters. The third-order valence-electron chi connectivity index (χ3n) is 11.0.